The van der Waals surface area contributed by atoms with Crippen molar-refractivity contribution < 1.29 is 21.9 Å². The summed E-state index contributed by atoms with van der Waals surface area (Å²) < 4.78 is 0. The van der Waals surface area contributed by atoms with E-state index in [4.69, 9.17) is 5.53 Å². The molecule has 0 radical (unpaired) electrons. The monoisotopic (exact) mass is 255 g/mol. The van der Waals surface area contributed by atoms with Crippen LogP contribution in [0.2, 0.25) is 0 Å². The topological polar surface area (TPSA) is 65.8 Å². The van der Waals surface area contributed by atoms with Gasteiger partial charge in [0.2, 0.25) is 0 Å². The Morgan fingerprint density at radius 3 is 1.94 bits per heavy atom. The van der Waals surface area contributed by atoms with Crippen LogP contribution in [-0.4, -0.2) is 5.91 Å². The van der Waals surface area contributed by atoms with Gasteiger partial charge >= 0.3 is 0 Å². The van der Waals surface area contributed by atoms with Gasteiger partial charge in [-0.05, 0) is 10.6 Å². The normalized spacial score (nSPS) is 7.75. The first-order chi connectivity index (χ1) is 7.34. The minimum absolute atomic E-state index is 0. The average Bonchev–Trinajstić information content (AvgIpc) is 2.95. The first kappa shape index (κ1) is 14.2. The van der Waals surface area contributed by atoms with Gasteiger partial charge in [-0.3, -0.25) is 0 Å². The van der Waals surface area contributed by atoms with Crippen LogP contribution in [0.1, 0.15) is 10.4 Å². The third-order valence-electron chi connectivity index (χ3n) is 1.60. The van der Waals surface area contributed by atoms with Crippen LogP contribution in [0.3, 0.4) is 0 Å². The van der Waals surface area contributed by atoms with Gasteiger partial charge in [-0.2, -0.15) is 12.1 Å². The van der Waals surface area contributed by atoms with E-state index >= 15 is 0 Å². The Morgan fingerprint density at radius 2 is 1.56 bits per heavy atom. The molecular formula is C11H9FeN3O-6. The SMILES string of the molecule is [Fe].[N-]=[N+]=NC(=O)[c-]1cccc1.[cH-]1[cH-][cH-][cH-][cH-]1. The van der Waals surface area contributed by atoms with Crippen LogP contribution < -0.4 is 0 Å². The van der Waals surface area contributed by atoms with Crippen LogP contribution in [-0.2, 0) is 17.1 Å². The van der Waals surface area contributed by atoms with Gasteiger partial charge in [-0.1, -0.05) is 5.56 Å². The summed E-state index contributed by atoms with van der Waals surface area (Å²) in [4.78, 5) is 13.1. The zero-order chi connectivity index (χ0) is 10.9. The maximum absolute atomic E-state index is 10.7. The van der Waals surface area contributed by atoms with Gasteiger partial charge in [0.1, 0.15) is 0 Å². The van der Waals surface area contributed by atoms with E-state index in [0.717, 1.165) is 0 Å². The summed E-state index contributed by atoms with van der Waals surface area (Å²) in [7, 11) is 0. The van der Waals surface area contributed by atoms with E-state index < -0.39 is 5.91 Å². The Labute approximate surface area is 104 Å². The molecule has 0 saturated heterocycles. The number of azide groups is 1. The van der Waals surface area contributed by atoms with E-state index in [-0.39, 0.29) is 17.1 Å². The summed E-state index contributed by atoms with van der Waals surface area (Å²) in [6.07, 6.45) is 0. The van der Waals surface area contributed by atoms with Crippen molar-refractivity contribution >= 4 is 5.91 Å². The fraction of sp³-hybridized carbons (Fsp3) is 0. The number of rotatable bonds is 1. The number of hydrogen-bond acceptors (Lipinski definition) is 1. The van der Waals surface area contributed by atoms with E-state index in [0.29, 0.717) is 5.56 Å². The molecule has 4 nitrogen and oxygen atoms in total. The third-order valence-corrected chi connectivity index (χ3v) is 1.60. The quantitative estimate of drug-likeness (QED) is 0.253. The van der Waals surface area contributed by atoms with Crippen molar-refractivity contribution in [2.45, 2.75) is 0 Å². The van der Waals surface area contributed by atoms with Crippen molar-refractivity contribution in [2.75, 3.05) is 0 Å². The van der Waals surface area contributed by atoms with Crippen molar-refractivity contribution in [1.82, 2.24) is 0 Å². The molecule has 0 heterocycles. The molecule has 0 fully saturated rings. The predicted octanol–water partition coefficient (Wildman–Crippen LogP) is 3.26. The maximum Gasteiger partial charge on any atom is 0.194 e. The third kappa shape index (κ3) is 5.17. The van der Waals surface area contributed by atoms with Gasteiger partial charge in [0.15, 0.2) is 5.91 Å². The van der Waals surface area contributed by atoms with Gasteiger partial charge in [0, 0.05) is 22.0 Å². The summed E-state index contributed by atoms with van der Waals surface area (Å²) >= 11 is 0. The van der Waals surface area contributed by atoms with E-state index in [1.807, 2.05) is 30.3 Å². The zero-order valence-electron chi connectivity index (χ0n) is 8.30. The number of hydrogen-bond donors (Lipinski definition) is 0. The largest absolute Gasteiger partial charge is 0.748 e. The van der Waals surface area contributed by atoms with Gasteiger partial charge in [0.05, 0.1) is 0 Å². The van der Waals surface area contributed by atoms with Crippen LogP contribution in [0.5, 0.6) is 0 Å². The van der Waals surface area contributed by atoms with Gasteiger partial charge in [-0.15, -0.1) is 0 Å². The Bertz CT molecular complexity index is 411. The molecule has 0 aliphatic heterocycles. The molecule has 0 bridgehead atoms. The smallest absolute Gasteiger partial charge is 0.194 e. The summed E-state index contributed by atoms with van der Waals surface area (Å²) in [5.41, 5.74) is 8.30. The molecule has 0 unspecified atom stereocenters. The van der Waals surface area contributed by atoms with E-state index in [9.17, 15) is 4.79 Å². The molecule has 16 heavy (non-hydrogen) atoms. The zero-order valence-corrected chi connectivity index (χ0v) is 9.40. The molecule has 2 aromatic rings. The molecule has 0 spiro atoms. The molecule has 5 heteroatoms. The van der Waals surface area contributed by atoms with Crippen LogP contribution in [0.25, 0.3) is 10.4 Å². The second-order valence-corrected chi connectivity index (χ2v) is 2.63. The molecule has 1 amide bonds. The van der Waals surface area contributed by atoms with Crippen LogP contribution in [0, 0.1) is 0 Å². The molecular weight excluding hydrogens is 246 g/mol. The maximum atomic E-state index is 10.7. The van der Waals surface area contributed by atoms with E-state index in [1.54, 1.807) is 24.3 Å². The van der Waals surface area contributed by atoms with E-state index in [2.05, 4.69) is 10.0 Å². The van der Waals surface area contributed by atoms with Crippen molar-refractivity contribution in [3.63, 3.8) is 0 Å². The van der Waals surface area contributed by atoms with Crippen molar-refractivity contribution in [3.05, 3.63) is 70.6 Å². The fourth-order valence-corrected chi connectivity index (χ4v) is 0.936. The second-order valence-electron chi connectivity index (χ2n) is 2.63. The Morgan fingerprint density at radius 1 is 1.12 bits per heavy atom. The molecule has 0 aromatic heterocycles. The number of carbonyl (C=O) groups excluding carboxylic acids is 1. The van der Waals surface area contributed by atoms with Gasteiger partial charge < -0.3 is 35.1 Å². The molecule has 2 rings (SSSR count). The van der Waals surface area contributed by atoms with Crippen LogP contribution in [0.15, 0.2) is 59.7 Å². The fourth-order valence-electron chi connectivity index (χ4n) is 0.936. The molecule has 0 aliphatic carbocycles. The summed E-state index contributed by atoms with van der Waals surface area (Å²) in [6, 6.07) is 16.6. The number of nitrogens with zero attached hydrogens (tertiary/aromatic N) is 3. The Kier molecular flexibility index (Phi) is 7.55. The van der Waals surface area contributed by atoms with E-state index in [1.165, 1.54) is 0 Å². The summed E-state index contributed by atoms with van der Waals surface area (Å²) in [6.45, 7) is 0. The second kappa shape index (κ2) is 8.50. The van der Waals surface area contributed by atoms with Crippen molar-refractivity contribution in [1.29, 1.82) is 0 Å². The standard InChI is InChI=1S/C6H4N3O.C5H5.Fe/c7-9-8-6(10)5-3-1-2-4-5;1-2-4-5-3-1;/h1-4H;1-5H;/q-1;-5;. The summed E-state index contributed by atoms with van der Waals surface area (Å²) in [5, 5.41) is 2.91. The Hall–Kier alpha value is -1.80. The molecule has 0 saturated carbocycles. The predicted molar refractivity (Wildman–Crippen MR) is 57.5 cm³/mol. The minimum Gasteiger partial charge on any atom is -0.748 e. The summed E-state index contributed by atoms with van der Waals surface area (Å²) in [5.74, 6) is -0.535. The number of amides is 1. The van der Waals surface area contributed by atoms with Gasteiger partial charge in [0.25, 0.3) is 0 Å². The Balaban J connectivity index is 0.000000318. The first-order valence-electron chi connectivity index (χ1n) is 4.32. The molecule has 88 valence electrons. The molecule has 0 atom stereocenters. The molecule has 0 aliphatic rings. The van der Waals surface area contributed by atoms with Gasteiger partial charge in [-0.25, -0.2) is 12.1 Å². The van der Waals surface area contributed by atoms with Crippen molar-refractivity contribution in [3.8, 4) is 0 Å². The minimum atomic E-state index is -0.535. The van der Waals surface area contributed by atoms with Crippen molar-refractivity contribution in [2.24, 2.45) is 5.11 Å². The average molecular weight is 255 g/mol. The first-order valence-corrected chi connectivity index (χ1v) is 4.32. The molecule has 2 aromatic carbocycles. The number of carbonyl (C=O) groups is 1. The molecule has 0 N–H and O–H groups in total. The van der Waals surface area contributed by atoms with Crippen LogP contribution in [0.4, 0.5) is 0 Å². The van der Waals surface area contributed by atoms with Crippen LogP contribution >= 0.6 is 0 Å².